The van der Waals surface area contributed by atoms with Gasteiger partial charge in [-0.3, -0.25) is 4.99 Å². The Kier molecular flexibility index (Phi) is 12.8. The Bertz CT molecular complexity index is 583. The third kappa shape index (κ3) is 9.27. The number of nitrogens with zero attached hydrogens (tertiary/aromatic N) is 2. The Morgan fingerprint density at radius 3 is 2.62 bits per heavy atom. The van der Waals surface area contributed by atoms with Crippen molar-refractivity contribution >= 4 is 36.0 Å². The quantitative estimate of drug-likeness (QED) is 0.292. The number of aliphatic imine (C=N–C) groups is 1. The van der Waals surface area contributed by atoms with Crippen molar-refractivity contribution in [3.8, 4) is 0 Å². The van der Waals surface area contributed by atoms with E-state index in [-0.39, 0.29) is 30.1 Å². The molecule has 8 heteroatoms. The van der Waals surface area contributed by atoms with E-state index in [4.69, 9.17) is 14.1 Å². The lowest BCUT2D eigenvalue weighted by atomic mass is 10.0. The number of carbonyl (C=O) groups excluding carboxylic acids is 1. The summed E-state index contributed by atoms with van der Waals surface area (Å²) in [6.45, 7) is 9.70. The molecule has 1 aliphatic rings. The molecule has 0 spiro atoms. The topological polar surface area (TPSA) is 79.1 Å². The van der Waals surface area contributed by atoms with Crippen molar-refractivity contribution in [1.82, 2.24) is 15.5 Å². The fourth-order valence-electron chi connectivity index (χ4n) is 3.29. The number of likely N-dealkylation sites (tertiary alicyclic amines) is 1. The lowest BCUT2D eigenvalue weighted by molar-refractivity contribution is 0.0963. The predicted octanol–water partition coefficient (Wildman–Crippen LogP) is 4.03. The van der Waals surface area contributed by atoms with E-state index in [0.717, 1.165) is 56.9 Å². The minimum atomic E-state index is -0.208. The molecule has 0 bridgehead atoms. The van der Waals surface area contributed by atoms with E-state index in [2.05, 4.69) is 24.5 Å². The number of nitrogens with one attached hydrogen (secondary N) is 2. The highest BCUT2D eigenvalue weighted by molar-refractivity contribution is 14.0. The van der Waals surface area contributed by atoms with E-state index in [0.29, 0.717) is 31.7 Å². The fourth-order valence-corrected chi connectivity index (χ4v) is 3.29. The van der Waals surface area contributed by atoms with Crippen LogP contribution >= 0.6 is 24.0 Å². The number of furan rings is 1. The van der Waals surface area contributed by atoms with Crippen LogP contribution in [0.4, 0.5) is 4.79 Å². The maximum Gasteiger partial charge on any atom is 0.409 e. The Labute approximate surface area is 192 Å². The molecular weight excluding hydrogens is 483 g/mol. The number of amides is 1. The minimum Gasteiger partial charge on any atom is -0.469 e. The van der Waals surface area contributed by atoms with Gasteiger partial charge in [-0.25, -0.2) is 4.79 Å². The number of carbonyl (C=O) groups is 1. The molecule has 1 aromatic heterocycles. The Morgan fingerprint density at radius 1 is 1.31 bits per heavy atom. The molecule has 2 heterocycles. The molecule has 0 radical (unpaired) electrons. The molecule has 0 aliphatic carbocycles. The van der Waals surface area contributed by atoms with Gasteiger partial charge in [-0.2, -0.15) is 0 Å². The number of ether oxygens (including phenoxy) is 1. The molecule has 2 N–H and O–H groups in total. The van der Waals surface area contributed by atoms with Crippen LogP contribution in [0.2, 0.25) is 0 Å². The van der Waals surface area contributed by atoms with Crippen molar-refractivity contribution < 1.29 is 13.9 Å². The molecule has 7 nitrogen and oxygen atoms in total. The average Bonchev–Trinajstić information content (AvgIpc) is 3.22. The summed E-state index contributed by atoms with van der Waals surface area (Å²) < 4.78 is 10.5. The van der Waals surface area contributed by atoms with Crippen molar-refractivity contribution in [3.63, 3.8) is 0 Å². The molecule has 1 fully saturated rings. The summed E-state index contributed by atoms with van der Waals surface area (Å²) in [7, 11) is 0. The number of halogens is 1. The van der Waals surface area contributed by atoms with Gasteiger partial charge in [0.05, 0.1) is 12.9 Å². The number of piperidine rings is 1. The Balaban J connectivity index is 0.00000420. The Hall–Kier alpha value is -1.45. The van der Waals surface area contributed by atoms with Gasteiger partial charge < -0.3 is 24.7 Å². The highest BCUT2D eigenvalue weighted by Gasteiger charge is 2.24. The molecule has 166 valence electrons. The van der Waals surface area contributed by atoms with Crippen LogP contribution in [0.5, 0.6) is 0 Å². The third-order valence-electron chi connectivity index (χ3n) is 5.27. The van der Waals surface area contributed by atoms with Gasteiger partial charge in [-0.15, -0.1) is 24.0 Å². The largest absolute Gasteiger partial charge is 0.469 e. The molecule has 0 unspecified atom stereocenters. The maximum atomic E-state index is 11.9. The highest BCUT2D eigenvalue weighted by Crippen LogP contribution is 2.12. The zero-order chi connectivity index (χ0) is 20.2. The van der Waals surface area contributed by atoms with E-state index in [1.54, 1.807) is 11.2 Å². The molecule has 1 saturated heterocycles. The second-order valence-electron chi connectivity index (χ2n) is 7.23. The van der Waals surface area contributed by atoms with E-state index in [9.17, 15) is 4.79 Å². The smallest absolute Gasteiger partial charge is 0.409 e. The van der Waals surface area contributed by atoms with E-state index in [1.165, 1.54) is 0 Å². The summed E-state index contributed by atoms with van der Waals surface area (Å²) in [5.74, 6) is 2.43. The summed E-state index contributed by atoms with van der Waals surface area (Å²) in [5.41, 5.74) is 0. The first-order valence-electron chi connectivity index (χ1n) is 10.6. The summed E-state index contributed by atoms with van der Waals surface area (Å²) in [6.07, 6.45) is 6.37. The monoisotopic (exact) mass is 520 g/mol. The first-order valence-corrected chi connectivity index (χ1v) is 10.6. The van der Waals surface area contributed by atoms with Crippen LogP contribution in [0.15, 0.2) is 27.8 Å². The predicted molar refractivity (Wildman–Crippen MR) is 127 cm³/mol. The lowest BCUT2D eigenvalue weighted by Gasteiger charge is -2.32. The Morgan fingerprint density at radius 2 is 2.03 bits per heavy atom. The summed E-state index contributed by atoms with van der Waals surface area (Å²) in [4.78, 5) is 18.5. The van der Waals surface area contributed by atoms with E-state index in [1.807, 2.05) is 19.1 Å². The molecule has 1 aliphatic heterocycles. The van der Waals surface area contributed by atoms with Crippen LogP contribution in [0.3, 0.4) is 0 Å². The second-order valence-corrected chi connectivity index (χ2v) is 7.23. The zero-order valence-corrected chi connectivity index (χ0v) is 20.3. The standard InChI is InChI=1S/C21H36N4O3.HI/c1-4-17(5-2)16-23-20(22-12-9-19-8-7-15-28-19)24-18-10-13-25(14-11-18)21(26)27-6-3;/h7-8,15,17-18H,4-6,9-14,16H2,1-3H3,(H2,22,23,24);1H. The molecule has 1 aromatic rings. The molecule has 0 aromatic carbocycles. The fraction of sp³-hybridized carbons (Fsp3) is 0.714. The van der Waals surface area contributed by atoms with Crippen molar-refractivity contribution in [1.29, 1.82) is 0 Å². The van der Waals surface area contributed by atoms with Gasteiger partial charge in [0, 0.05) is 38.6 Å². The van der Waals surface area contributed by atoms with Crippen molar-refractivity contribution in [2.45, 2.75) is 58.9 Å². The third-order valence-corrected chi connectivity index (χ3v) is 5.27. The van der Waals surface area contributed by atoms with Gasteiger partial charge in [0.1, 0.15) is 5.76 Å². The van der Waals surface area contributed by atoms with Crippen LogP contribution in [-0.4, -0.2) is 55.8 Å². The molecule has 0 atom stereocenters. The zero-order valence-electron chi connectivity index (χ0n) is 18.0. The van der Waals surface area contributed by atoms with Crippen molar-refractivity contribution in [2.75, 3.05) is 32.8 Å². The van der Waals surface area contributed by atoms with Crippen molar-refractivity contribution in [3.05, 3.63) is 24.2 Å². The molecule has 1 amide bonds. The molecule has 29 heavy (non-hydrogen) atoms. The molecule has 2 rings (SSSR count). The van der Waals surface area contributed by atoms with Crippen molar-refractivity contribution in [2.24, 2.45) is 10.9 Å². The summed E-state index contributed by atoms with van der Waals surface area (Å²) >= 11 is 0. The highest BCUT2D eigenvalue weighted by atomic mass is 127. The van der Waals surface area contributed by atoms with Crippen LogP contribution in [-0.2, 0) is 11.2 Å². The summed E-state index contributed by atoms with van der Waals surface area (Å²) in [6, 6.07) is 4.20. The van der Waals surface area contributed by atoms with Crippen LogP contribution in [0.1, 0.15) is 52.2 Å². The van der Waals surface area contributed by atoms with E-state index >= 15 is 0 Å². The number of guanidine groups is 1. The number of hydrogen-bond acceptors (Lipinski definition) is 4. The van der Waals surface area contributed by atoms with Gasteiger partial charge in [-0.05, 0) is 37.8 Å². The van der Waals surface area contributed by atoms with E-state index < -0.39 is 0 Å². The molecular formula is C21H37IN4O3. The minimum absolute atomic E-state index is 0. The van der Waals surface area contributed by atoms with Gasteiger partial charge in [-0.1, -0.05) is 26.7 Å². The van der Waals surface area contributed by atoms with Crippen LogP contribution < -0.4 is 10.6 Å². The number of rotatable bonds is 9. The second kappa shape index (κ2) is 14.5. The molecule has 0 saturated carbocycles. The van der Waals surface area contributed by atoms with Crippen LogP contribution in [0.25, 0.3) is 0 Å². The van der Waals surface area contributed by atoms with Gasteiger partial charge in [0.15, 0.2) is 5.96 Å². The van der Waals surface area contributed by atoms with Gasteiger partial charge in [0.2, 0.25) is 0 Å². The maximum absolute atomic E-state index is 11.9. The average molecular weight is 520 g/mol. The summed E-state index contributed by atoms with van der Waals surface area (Å²) in [5, 5.41) is 7.00. The first-order chi connectivity index (χ1) is 13.7. The normalized spacial score (nSPS) is 15.2. The SMILES string of the molecule is CCOC(=O)N1CCC(NC(=NCC(CC)CC)NCCc2ccco2)CC1.I. The van der Waals surface area contributed by atoms with Gasteiger partial charge >= 0.3 is 6.09 Å². The van der Waals surface area contributed by atoms with Gasteiger partial charge in [0.25, 0.3) is 0 Å². The van der Waals surface area contributed by atoms with Crippen LogP contribution in [0, 0.1) is 5.92 Å². The lowest BCUT2D eigenvalue weighted by Crippen LogP contribution is -2.50. The number of hydrogen-bond donors (Lipinski definition) is 2. The first kappa shape index (κ1) is 25.6.